The van der Waals surface area contributed by atoms with Gasteiger partial charge >= 0.3 is 0 Å². The van der Waals surface area contributed by atoms with Crippen molar-refractivity contribution in [2.75, 3.05) is 25.0 Å². The van der Waals surface area contributed by atoms with Crippen molar-refractivity contribution >= 4 is 17.5 Å². The predicted octanol–water partition coefficient (Wildman–Crippen LogP) is 3.93. The second-order valence-corrected chi connectivity index (χ2v) is 8.36. The Bertz CT molecular complexity index is 891. The molecule has 3 rings (SSSR count). The normalized spacial score (nSPS) is 15.3. The Morgan fingerprint density at radius 1 is 1.09 bits per heavy atom. The number of carbonyl (C=O) groups is 2. The standard InChI is InChI=1S/C25H31FN2O4/c1-2-3-16-32-22-10-8-21(9-11-22)27-23(29)18-25(31)12-14-28(15-13-25)24(30)17-19-4-6-20(26)7-5-19/h4-11,31H,2-3,12-18H2,1H3,(H,27,29). The predicted molar refractivity (Wildman–Crippen MR) is 121 cm³/mol. The van der Waals surface area contributed by atoms with E-state index in [4.69, 9.17) is 4.74 Å². The van der Waals surface area contributed by atoms with Gasteiger partial charge in [-0.05, 0) is 61.2 Å². The van der Waals surface area contributed by atoms with Gasteiger partial charge in [-0.3, -0.25) is 9.59 Å². The van der Waals surface area contributed by atoms with Crippen molar-refractivity contribution in [1.29, 1.82) is 0 Å². The molecule has 1 saturated heterocycles. The van der Waals surface area contributed by atoms with E-state index in [-0.39, 0.29) is 30.5 Å². The van der Waals surface area contributed by atoms with Gasteiger partial charge in [-0.1, -0.05) is 25.5 Å². The van der Waals surface area contributed by atoms with Gasteiger partial charge in [0.2, 0.25) is 11.8 Å². The number of likely N-dealkylation sites (tertiary alicyclic amines) is 1. The van der Waals surface area contributed by atoms with E-state index < -0.39 is 5.60 Å². The lowest BCUT2D eigenvalue weighted by Gasteiger charge is -2.38. The average molecular weight is 443 g/mol. The fourth-order valence-corrected chi connectivity index (χ4v) is 3.71. The number of hydrogen-bond acceptors (Lipinski definition) is 4. The van der Waals surface area contributed by atoms with Gasteiger partial charge in [0, 0.05) is 18.8 Å². The van der Waals surface area contributed by atoms with E-state index in [0.717, 1.165) is 24.2 Å². The zero-order valence-corrected chi connectivity index (χ0v) is 18.5. The van der Waals surface area contributed by atoms with Crippen molar-refractivity contribution in [3.8, 4) is 5.75 Å². The fraction of sp³-hybridized carbons (Fsp3) is 0.440. The molecule has 2 amide bonds. The van der Waals surface area contributed by atoms with Crippen LogP contribution in [0.1, 0.15) is 44.6 Å². The smallest absolute Gasteiger partial charge is 0.227 e. The van der Waals surface area contributed by atoms with Crippen LogP contribution in [-0.4, -0.2) is 47.1 Å². The number of carbonyl (C=O) groups excluding carboxylic acids is 2. The second-order valence-electron chi connectivity index (χ2n) is 8.36. The molecule has 0 spiro atoms. The first-order chi connectivity index (χ1) is 15.4. The molecule has 0 unspecified atom stereocenters. The maximum absolute atomic E-state index is 13.0. The first-order valence-corrected chi connectivity index (χ1v) is 11.1. The summed E-state index contributed by atoms with van der Waals surface area (Å²) in [7, 11) is 0. The molecule has 2 N–H and O–H groups in total. The monoisotopic (exact) mass is 442 g/mol. The van der Waals surface area contributed by atoms with E-state index in [2.05, 4.69) is 12.2 Å². The summed E-state index contributed by atoms with van der Waals surface area (Å²) in [5.41, 5.74) is 0.256. The molecule has 0 aliphatic carbocycles. The van der Waals surface area contributed by atoms with Gasteiger partial charge in [-0.25, -0.2) is 4.39 Å². The number of halogens is 1. The average Bonchev–Trinajstić information content (AvgIpc) is 2.77. The van der Waals surface area contributed by atoms with Crippen molar-refractivity contribution in [3.05, 3.63) is 59.9 Å². The molecule has 0 aromatic heterocycles. The minimum absolute atomic E-state index is 0.0260. The van der Waals surface area contributed by atoms with Crippen LogP contribution >= 0.6 is 0 Å². The molecule has 2 aromatic rings. The van der Waals surface area contributed by atoms with Gasteiger partial charge in [0.05, 0.1) is 25.0 Å². The van der Waals surface area contributed by atoms with Crippen LogP contribution in [0.5, 0.6) is 5.75 Å². The lowest BCUT2D eigenvalue weighted by Crippen LogP contribution is -2.48. The Balaban J connectivity index is 1.44. The van der Waals surface area contributed by atoms with Crippen LogP contribution in [0.2, 0.25) is 0 Å². The van der Waals surface area contributed by atoms with Crippen LogP contribution in [-0.2, 0) is 16.0 Å². The highest BCUT2D eigenvalue weighted by Gasteiger charge is 2.35. The number of ether oxygens (including phenoxy) is 1. The topological polar surface area (TPSA) is 78.9 Å². The summed E-state index contributed by atoms with van der Waals surface area (Å²) in [6, 6.07) is 13.0. The highest BCUT2D eigenvalue weighted by Crippen LogP contribution is 2.27. The molecule has 1 fully saturated rings. The highest BCUT2D eigenvalue weighted by atomic mass is 19.1. The number of hydrogen-bond donors (Lipinski definition) is 2. The van der Waals surface area contributed by atoms with Crippen LogP contribution < -0.4 is 10.1 Å². The first-order valence-electron chi connectivity index (χ1n) is 11.1. The van der Waals surface area contributed by atoms with E-state index in [9.17, 15) is 19.1 Å². The number of benzene rings is 2. The lowest BCUT2D eigenvalue weighted by molar-refractivity contribution is -0.136. The molecule has 1 aliphatic heterocycles. The number of nitrogens with one attached hydrogen (secondary N) is 1. The molecule has 172 valence electrons. The summed E-state index contributed by atoms with van der Waals surface area (Å²) in [6.07, 6.45) is 2.89. The summed E-state index contributed by atoms with van der Waals surface area (Å²) in [4.78, 5) is 26.6. The number of anilines is 1. The number of amides is 2. The molecule has 1 aliphatic rings. The number of nitrogens with zero attached hydrogens (tertiary/aromatic N) is 1. The summed E-state index contributed by atoms with van der Waals surface area (Å²) in [6.45, 7) is 3.53. The molecule has 1 heterocycles. The second kappa shape index (κ2) is 11.1. The Labute approximate surface area is 188 Å². The zero-order chi connectivity index (χ0) is 23.0. The largest absolute Gasteiger partial charge is 0.494 e. The molecule has 0 saturated carbocycles. The van der Waals surface area contributed by atoms with Crippen molar-refractivity contribution in [3.63, 3.8) is 0 Å². The van der Waals surface area contributed by atoms with Gasteiger partial charge in [-0.2, -0.15) is 0 Å². The molecule has 0 atom stereocenters. The SMILES string of the molecule is CCCCOc1ccc(NC(=O)CC2(O)CCN(C(=O)Cc3ccc(F)cc3)CC2)cc1. The Morgan fingerprint density at radius 3 is 2.38 bits per heavy atom. The Morgan fingerprint density at radius 2 is 1.75 bits per heavy atom. The number of unbranched alkanes of at least 4 members (excludes halogenated alkanes) is 1. The lowest BCUT2D eigenvalue weighted by atomic mass is 9.87. The molecule has 6 nitrogen and oxygen atoms in total. The third kappa shape index (κ3) is 7.05. The van der Waals surface area contributed by atoms with E-state index in [1.165, 1.54) is 12.1 Å². The number of aliphatic hydroxyl groups is 1. The quantitative estimate of drug-likeness (QED) is 0.577. The first kappa shape index (κ1) is 23.7. The van der Waals surface area contributed by atoms with E-state index in [1.54, 1.807) is 29.2 Å². The molecule has 2 aromatic carbocycles. The maximum Gasteiger partial charge on any atom is 0.227 e. The molecule has 7 heteroatoms. The summed E-state index contributed by atoms with van der Waals surface area (Å²) < 4.78 is 18.6. The summed E-state index contributed by atoms with van der Waals surface area (Å²) >= 11 is 0. The van der Waals surface area contributed by atoms with Crippen LogP contribution in [0.4, 0.5) is 10.1 Å². The van der Waals surface area contributed by atoms with E-state index in [1.807, 2.05) is 12.1 Å². The minimum atomic E-state index is -1.14. The van der Waals surface area contributed by atoms with Gasteiger partial charge in [0.1, 0.15) is 11.6 Å². The number of piperidine rings is 1. The van der Waals surface area contributed by atoms with Crippen LogP contribution in [0.25, 0.3) is 0 Å². The van der Waals surface area contributed by atoms with Gasteiger partial charge in [-0.15, -0.1) is 0 Å². The summed E-state index contributed by atoms with van der Waals surface area (Å²) in [5, 5.41) is 13.7. The molecule has 0 bridgehead atoms. The van der Waals surface area contributed by atoms with E-state index in [0.29, 0.717) is 38.2 Å². The van der Waals surface area contributed by atoms with Crippen molar-refractivity contribution in [2.24, 2.45) is 0 Å². The van der Waals surface area contributed by atoms with Crippen LogP contribution in [0, 0.1) is 5.82 Å². The molecule has 0 radical (unpaired) electrons. The maximum atomic E-state index is 13.0. The van der Waals surface area contributed by atoms with Gasteiger partial charge < -0.3 is 20.1 Å². The third-order valence-electron chi connectivity index (χ3n) is 5.71. The van der Waals surface area contributed by atoms with Crippen LogP contribution in [0.15, 0.2) is 48.5 Å². The minimum Gasteiger partial charge on any atom is -0.494 e. The number of rotatable bonds is 9. The van der Waals surface area contributed by atoms with Crippen molar-refractivity contribution < 1.29 is 23.8 Å². The molecular weight excluding hydrogens is 411 g/mol. The van der Waals surface area contributed by atoms with Gasteiger partial charge in [0.25, 0.3) is 0 Å². The summed E-state index contributed by atoms with van der Waals surface area (Å²) in [5.74, 6) is 0.0918. The zero-order valence-electron chi connectivity index (χ0n) is 18.5. The van der Waals surface area contributed by atoms with Crippen molar-refractivity contribution in [1.82, 2.24) is 4.90 Å². The molecular formula is C25H31FN2O4. The van der Waals surface area contributed by atoms with Gasteiger partial charge in [0.15, 0.2) is 0 Å². The molecule has 32 heavy (non-hydrogen) atoms. The highest BCUT2D eigenvalue weighted by molar-refractivity contribution is 5.91. The third-order valence-corrected chi connectivity index (χ3v) is 5.71. The van der Waals surface area contributed by atoms with Crippen LogP contribution in [0.3, 0.4) is 0 Å². The fourth-order valence-electron chi connectivity index (χ4n) is 3.71. The Kier molecular flexibility index (Phi) is 8.22. The van der Waals surface area contributed by atoms with E-state index >= 15 is 0 Å². The van der Waals surface area contributed by atoms with Crippen molar-refractivity contribution in [2.45, 2.75) is 51.0 Å². The Hall–Kier alpha value is -2.93.